The maximum atomic E-state index is 2.43. The second-order valence-corrected chi connectivity index (χ2v) is 14.6. The van der Waals surface area contributed by atoms with Gasteiger partial charge in [-0.25, -0.2) is 0 Å². The van der Waals surface area contributed by atoms with Crippen LogP contribution in [0.5, 0.6) is 0 Å². The molecule has 0 saturated heterocycles. The number of nitrogens with zero attached hydrogens (tertiary/aromatic N) is 3. The maximum Gasteiger partial charge on any atom is 0.0541 e. The highest BCUT2D eigenvalue weighted by Gasteiger charge is 2.17. The van der Waals surface area contributed by atoms with Crippen LogP contribution in [0.2, 0.25) is 0 Å². The molecule has 11 rings (SSSR count). The summed E-state index contributed by atoms with van der Waals surface area (Å²) in [6.45, 7) is 0.753. The highest BCUT2D eigenvalue weighted by atomic mass is 15.1. The molecule has 9 aromatic carbocycles. The first-order valence-electron chi connectivity index (χ1n) is 19.3. The number of anilines is 2. The number of fused-ring (bicyclic) bond motifs is 7. The molecule has 0 aliphatic heterocycles. The molecule has 0 aliphatic carbocycles. The standard InChI is InChI=1S/C53H37N3/c1-3-16-41(17-4-1)54(49-25-13-15-38-14-7-8-20-44(38)49)36-37-26-30-43(31-27-37)56-51-24-12-10-22-46(51)48-35-40(29-33-53(48)56)39-28-32-52-47(34-39)45-21-9-11-23-50(45)55(52)42-18-5-2-6-19-42/h1-35H,36H2. The molecule has 2 aromatic heterocycles. The Kier molecular flexibility index (Phi) is 7.56. The van der Waals surface area contributed by atoms with E-state index in [-0.39, 0.29) is 0 Å². The van der Waals surface area contributed by atoms with Gasteiger partial charge in [-0.1, -0.05) is 133 Å². The lowest BCUT2D eigenvalue weighted by molar-refractivity contribution is 0.978. The lowest BCUT2D eigenvalue weighted by atomic mass is 10.0. The predicted molar refractivity (Wildman–Crippen MR) is 237 cm³/mol. The first kappa shape index (κ1) is 32.1. The van der Waals surface area contributed by atoms with E-state index in [0.717, 1.165) is 12.2 Å². The van der Waals surface area contributed by atoms with Crippen molar-refractivity contribution in [2.45, 2.75) is 6.54 Å². The van der Waals surface area contributed by atoms with E-state index < -0.39 is 0 Å². The smallest absolute Gasteiger partial charge is 0.0541 e. The van der Waals surface area contributed by atoms with Gasteiger partial charge in [0, 0.05) is 56.2 Å². The van der Waals surface area contributed by atoms with Gasteiger partial charge in [-0.3, -0.25) is 0 Å². The molecule has 0 unspecified atom stereocenters. The Labute approximate surface area is 325 Å². The summed E-state index contributed by atoms with van der Waals surface area (Å²) in [5.74, 6) is 0. The van der Waals surface area contributed by atoms with Crippen molar-refractivity contribution < 1.29 is 0 Å². The number of para-hydroxylation sites is 4. The fourth-order valence-corrected chi connectivity index (χ4v) is 8.74. The van der Waals surface area contributed by atoms with Crippen LogP contribution in [0.3, 0.4) is 0 Å². The molecular formula is C53H37N3. The van der Waals surface area contributed by atoms with E-state index in [1.54, 1.807) is 0 Å². The van der Waals surface area contributed by atoms with Crippen LogP contribution >= 0.6 is 0 Å². The molecule has 264 valence electrons. The van der Waals surface area contributed by atoms with Gasteiger partial charge in [-0.2, -0.15) is 0 Å². The number of hydrogen-bond acceptors (Lipinski definition) is 1. The molecule has 0 fully saturated rings. The molecule has 0 radical (unpaired) electrons. The van der Waals surface area contributed by atoms with Crippen LogP contribution in [0, 0.1) is 0 Å². The Bertz CT molecular complexity index is 3200. The molecule has 3 heteroatoms. The van der Waals surface area contributed by atoms with Gasteiger partial charge in [0.05, 0.1) is 22.1 Å². The lowest BCUT2D eigenvalue weighted by Crippen LogP contribution is -2.16. The summed E-state index contributed by atoms with van der Waals surface area (Å²) in [6, 6.07) is 77.1. The lowest BCUT2D eigenvalue weighted by Gasteiger charge is -2.27. The molecule has 0 saturated carbocycles. The Morgan fingerprint density at radius 3 is 1.45 bits per heavy atom. The summed E-state index contributed by atoms with van der Waals surface area (Å²) in [5.41, 5.74) is 13.2. The normalized spacial score (nSPS) is 11.6. The molecule has 0 amide bonds. The topological polar surface area (TPSA) is 13.1 Å². The zero-order chi connectivity index (χ0) is 37.0. The molecular weight excluding hydrogens is 679 g/mol. The fraction of sp³-hybridized carbons (Fsp3) is 0.0189. The van der Waals surface area contributed by atoms with Crippen LogP contribution in [-0.2, 0) is 6.54 Å². The van der Waals surface area contributed by atoms with E-state index in [4.69, 9.17) is 0 Å². The molecule has 11 aromatic rings. The van der Waals surface area contributed by atoms with Gasteiger partial charge in [0.25, 0.3) is 0 Å². The second kappa shape index (κ2) is 13.2. The van der Waals surface area contributed by atoms with Gasteiger partial charge >= 0.3 is 0 Å². The number of hydrogen-bond donors (Lipinski definition) is 0. The van der Waals surface area contributed by atoms with Crippen molar-refractivity contribution in [3.63, 3.8) is 0 Å². The molecule has 0 atom stereocenters. The van der Waals surface area contributed by atoms with Crippen molar-refractivity contribution >= 4 is 65.8 Å². The van der Waals surface area contributed by atoms with Gasteiger partial charge in [-0.15, -0.1) is 0 Å². The zero-order valence-electron chi connectivity index (χ0n) is 30.8. The quantitative estimate of drug-likeness (QED) is 0.160. The molecule has 56 heavy (non-hydrogen) atoms. The minimum absolute atomic E-state index is 0.753. The number of benzene rings is 9. The predicted octanol–water partition coefficient (Wildman–Crippen LogP) is 14.0. The summed E-state index contributed by atoms with van der Waals surface area (Å²) < 4.78 is 4.79. The van der Waals surface area contributed by atoms with Gasteiger partial charge in [0.2, 0.25) is 0 Å². The van der Waals surface area contributed by atoms with Crippen LogP contribution in [0.4, 0.5) is 11.4 Å². The van der Waals surface area contributed by atoms with Crippen molar-refractivity contribution in [1.82, 2.24) is 9.13 Å². The van der Waals surface area contributed by atoms with Crippen molar-refractivity contribution in [2.24, 2.45) is 0 Å². The average molecular weight is 716 g/mol. The largest absolute Gasteiger partial charge is 0.336 e. The highest BCUT2D eigenvalue weighted by Crippen LogP contribution is 2.39. The maximum absolute atomic E-state index is 2.43. The Balaban J connectivity index is 0.983. The summed E-state index contributed by atoms with van der Waals surface area (Å²) in [6.07, 6.45) is 0. The minimum Gasteiger partial charge on any atom is -0.336 e. The summed E-state index contributed by atoms with van der Waals surface area (Å²) >= 11 is 0. The minimum atomic E-state index is 0.753. The van der Waals surface area contributed by atoms with Crippen LogP contribution in [0.1, 0.15) is 5.56 Å². The SMILES string of the molecule is c1ccc(N(Cc2ccc(-n3c4ccccc4c4cc(-c5ccc6c(c5)c5ccccc5n6-c5ccccc5)ccc43)cc2)c2cccc3ccccc23)cc1. The van der Waals surface area contributed by atoms with E-state index in [2.05, 4.69) is 226 Å². The number of aromatic nitrogens is 2. The molecule has 2 heterocycles. The summed E-state index contributed by atoms with van der Waals surface area (Å²) in [7, 11) is 0. The number of rotatable bonds is 7. The Morgan fingerprint density at radius 1 is 0.339 bits per heavy atom. The van der Waals surface area contributed by atoms with Crippen molar-refractivity contribution in [1.29, 1.82) is 0 Å². The van der Waals surface area contributed by atoms with E-state index in [9.17, 15) is 0 Å². The van der Waals surface area contributed by atoms with Crippen LogP contribution < -0.4 is 4.90 Å². The van der Waals surface area contributed by atoms with E-state index in [0.29, 0.717) is 0 Å². The zero-order valence-corrected chi connectivity index (χ0v) is 30.8. The molecule has 0 aliphatic rings. The van der Waals surface area contributed by atoms with Gasteiger partial charge in [0.1, 0.15) is 0 Å². The first-order chi connectivity index (χ1) is 27.8. The van der Waals surface area contributed by atoms with E-state index in [1.807, 2.05) is 0 Å². The van der Waals surface area contributed by atoms with Crippen LogP contribution in [0.25, 0.3) is 76.9 Å². The molecule has 0 bridgehead atoms. The van der Waals surface area contributed by atoms with Gasteiger partial charge in [0.15, 0.2) is 0 Å². The molecule has 0 spiro atoms. The first-order valence-corrected chi connectivity index (χ1v) is 19.3. The Morgan fingerprint density at radius 2 is 0.821 bits per heavy atom. The molecule has 0 N–H and O–H groups in total. The highest BCUT2D eigenvalue weighted by molar-refractivity contribution is 6.12. The average Bonchev–Trinajstić information content (AvgIpc) is 3.78. The molecule has 3 nitrogen and oxygen atoms in total. The summed E-state index contributed by atoms with van der Waals surface area (Å²) in [4.78, 5) is 2.43. The second-order valence-electron chi connectivity index (χ2n) is 14.6. The van der Waals surface area contributed by atoms with E-state index in [1.165, 1.54) is 88.1 Å². The van der Waals surface area contributed by atoms with Crippen molar-refractivity contribution in [3.05, 3.63) is 218 Å². The van der Waals surface area contributed by atoms with Crippen molar-refractivity contribution in [3.8, 4) is 22.5 Å². The third-order valence-corrected chi connectivity index (χ3v) is 11.4. The Hall–Kier alpha value is -7.36. The van der Waals surface area contributed by atoms with Crippen LogP contribution in [-0.4, -0.2) is 9.13 Å². The van der Waals surface area contributed by atoms with Crippen LogP contribution in [0.15, 0.2) is 212 Å². The fourth-order valence-electron chi connectivity index (χ4n) is 8.74. The van der Waals surface area contributed by atoms with Gasteiger partial charge < -0.3 is 14.0 Å². The monoisotopic (exact) mass is 715 g/mol. The van der Waals surface area contributed by atoms with Gasteiger partial charge in [-0.05, 0) is 101 Å². The third-order valence-electron chi connectivity index (χ3n) is 11.4. The van der Waals surface area contributed by atoms with E-state index >= 15 is 0 Å². The summed E-state index contributed by atoms with van der Waals surface area (Å²) in [5, 5.41) is 7.52. The van der Waals surface area contributed by atoms with Crippen molar-refractivity contribution in [2.75, 3.05) is 4.90 Å². The third kappa shape index (κ3) is 5.28.